The van der Waals surface area contributed by atoms with Crippen molar-refractivity contribution in [1.29, 1.82) is 0 Å². The predicted molar refractivity (Wildman–Crippen MR) is 83.3 cm³/mol. The Morgan fingerprint density at radius 3 is 2.95 bits per heavy atom. The van der Waals surface area contributed by atoms with Crippen LogP contribution in [0.4, 0.5) is 5.69 Å². The molecule has 0 spiro atoms. The first-order chi connectivity index (χ1) is 9.61. The summed E-state index contributed by atoms with van der Waals surface area (Å²) in [5.41, 5.74) is 2.12. The Morgan fingerprint density at radius 2 is 2.25 bits per heavy atom. The maximum absolute atomic E-state index is 10.2. The number of anilines is 1. The number of phenols is 1. The van der Waals surface area contributed by atoms with Gasteiger partial charge >= 0.3 is 0 Å². The summed E-state index contributed by atoms with van der Waals surface area (Å²) in [5, 5.41) is 15.3. The molecule has 3 rings (SSSR count). The molecular formula is C16H18ClNO2. The zero-order valence-corrected chi connectivity index (χ0v) is 12.4. The lowest BCUT2D eigenvalue weighted by atomic mass is 9.94. The number of alkyl halides is 1. The van der Waals surface area contributed by atoms with E-state index in [0.29, 0.717) is 5.88 Å². The molecule has 0 bridgehead atoms. The molecule has 20 heavy (non-hydrogen) atoms. The van der Waals surface area contributed by atoms with Gasteiger partial charge in [0.05, 0.1) is 6.10 Å². The van der Waals surface area contributed by atoms with Crippen molar-refractivity contribution in [1.82, 2.24) is 0 Å². The number of benzene rings is 2. The van der Waals surface area contributed by atoms with Gasteiger partial charge < -0.3 is 15.2 Å². The minimum atomic E-state index is 0.0856. The summed E-state index contributed by atoms with van der Waals surface area (Å²) >= 11 is 6.09. The Hall–Kier alpha value is -1.61. The third kappa shape index (κ3) is 2.06. The highest BCUT2D eigenvalue weighted by molar-refractivity contribution is 6.19. The fraction of sp³-hybridized carbons (Fsp3) is 0.375. The highest BCUT2D eigenvalue weighted by Crippen LogP contribution is 2.45. The average Bonchev–Trinajstić information content (AvgIpc) is 2.81. The van der Waals surface area contributed by atoms with E-state index in [1.807, 2.05) is 32.0 Å². The lowest BCUT2D eigenvalue weighted by molar-refractivity contribution is 0.245. The molecule has 0 amide bonds. The van der Waals surface area contributed by atoms with Gasteiger partial charge in [0.25, 0.3) is 0 Å². The number of hydrogen-bond acceptors (Lipinski definition) is 3. The Bertz CT molecular complexity index is 654. The summed E-state index contributed by atoms with van der Waals surface area (Å²) in [5.74, 6) is 1.88. The topological polar surface area (TPSA) is 41.5 Å². The Kier molecular flexibility index (Phi) is 3.38. The van der Waals surface area contributed by atoms with Crippen LogP contribution < -0.4 is 10.1 Å². The van der Waals surface area contributed by atoms with E-state index in [-0.39, 0.29) is 17.8 Å². The van der Waals surface area contributed by atoms with Gasteiger partial charge in [-0.1, -0.05) is 12.1 Å². The Morgan fingerprint density at radius 1 is 1.45 bits per heavy atom. The fourth-order valence-electron chi connectivity index (χ4n) is 2.84. The normalized spacial score (nSPS) is 17.3. The van der Waals surface area contributed by atoms with Gasteiger partial charge in [0.1, 0.15) is 11.5 Å². The summed E-state index contributed by atoms with van der Waals surface area (Å²) < 4.78 is 5.92. The maximum Gasteiger partial charge on any atom is 0.128 e. The highest BCUT2D eigenvalue weighted by Gasteiger charge is 2.27. The van der Waals surface area contributed by atoms with Crippen molar-refractivity contribution >= 4 is 28.1 Å². The third-order valence-electron chi connectivity index (χ3n) is 3.64. The molecule has 0 radical (unpaired) electrons. The predicted octanol–water partition coefficient (Wildman–Crippen LogP) is 4.08. The molecule has 1 aliphatic heterocycles. The molecule has 0 saturated carbocycles. The van der Waals surface area contributed by atoms with Crippen LogP contribution in [0.15, 0.2) is 24.3 Å². The number of hydrogen-bond donors (Lipinski definition) is 2. The van der Waals surface area contributed by atoms with Gasteiger partial charge in [0.15, 0.2) is 0 Å². The van der Waals surface area contributed by atoms with Crippen LogP contribution >= 0.6 is 11.6 Å². The van der Waals surface area contributed by atoms with E-state index >= 15 is 0 Å². The summed E-state index contributed by atoms with van der Waals surface area (Å²) in [6.07, 6.45) is 0.0856. The van der Waals surface area contributed by atoms with Crippen molar-refractivity contribution in [2.24, 2.45) is 0 Å². The lowest BCUT2D eigenvalue weighted by Crippen LogP contribution is -2.07. The van der Waals surface area contributed by atoms with Crippen LogP contribution in [0.3, 0.4) is 0 Å². The summed E-state index contributed by atoms with van der Waals surface area (Å²) in [7, 11) is 0. The van der Waals surface area contributed by atoms with Crippen molar-refractivity contribution in [2.45, 2.75) is 25.9 Å². The monoisotopic (exact) mass is 291 g/mol. The zero-order valence-electron chi connectivity index (χ0n) is 11.6. The molecule has 3 nitrogen and oxygen atoms in total. The molecule has 0 fully saturated rings. The number of ether oxygens (including phenoxy) is 1. The molecular weight excluding hydrogens is 274 g/mol. The lowest BCUT2D eigenvalue weighted by Gasteiger charge is -2.17. The van der Waals surface area contributed by atoms with Gasteiger partial charge in [-0.25, -0.2) is 0 Å². The summed E-state index contributed by atoms with van der Waals surface area (Å²) in [6.45, 7) is 4.80. The molecule has 0 aromatic heterocycles. The van der Waals surface area contributed by atoms with Gasteiger partial charge in [-0.15, -0.1) is 11.6 Å². The summed E-state index contributed by atoms with van der Waals surface area (Å²) in [6, 6.07) is 7.56. The number of nitrogens with one attached hydrogen (secondary N) is 1. The van der Waals surface area contributed by atoms with Crippen molar-refractivity contribution in [3.8, 4) is 11.5 Å². The van der Waals surface area contributed by atoms with E-state index in [1.54, 1.807) is 6.07 Å². The van der Waals surface area contributed by atoms with Gasteiger partial charge in [0, 0.05) is 40.9 Å². The molecule has 1 heterocycles. The molecule has 0 aliphatic carbocycles. The van der Waals surface area contributed by atoms with E-state index in [4.69, 9.17) is 16.3 Å². The molecule has 2 aromatic rings. The van der Waals surface area contributed by atoms with E-state index in [1.165, 1.54) is 0 Å². The Labute approximate surface area is 123 Å². The smallest absolute Gasteiger partial charge is 0.128 e. The first-order valence-electron chi connectivity index (χ1n) is 6.87. The van der Waals surface area contributed by atoms with Crippen molar-refractivity contribution < 1.29 is 9.84 Å². The van der Waals surface area contributed by atoms with Crippen molar-refractivity contribution in [2.75, 3.05) is 17.7 Å². The first kappa shape index (κ1) is 13.4. The second-order valence-corrected chi connectivity index (χ2v) is 5.74. The standard InChI is InChI=1S/C16H18ClNO2/c1-9(2)20-14-5-3-4-11-13(19)6-12-15(16(11)14)10(7-17)8-18-12/h3-6,9-10,18-19H,7-8H2,1-2H3. The van der Waals surface area contributed by atoms with Gasteiger partial charge in [-0.05, 0) is 25.5 Å². The molecule has 1 unspecified atom stereocenters. The van der Waals surface area contributed by atoms with Crippen LogP contribution in [-0.4, -0.2) is 23.6 Å². The van der Waals surface area contributed by atoms with Gasteiger partial charge in [0.2, 0.25) is 0 Å². The number of halogens is 1. The van der Waals surface area contributed by atoms with Gasteiger partial charge in [-0.2, -0.15) is 0 Å². The zero-order chi connectivity index (χ0) is 14.3. The number of fused-ring (bicyclic) bond motifs is 3. The Balaban J connectivity index is 2.31. The van der Waals surface area contributed by atoms with Crippen LogP contribution in [0.2, 0.25) is 0 Å². The highest BCUT2D eigenvalue weighted by atomic mass is 35.5. The molecule has 1 aliphatic rings. The fourth-order valence-corrected chi connectivity index (χ4v) is 3.10. The molecule has 4 heteroatoms. The maximum atomic E-state index is 10.2. The van der Waals surface area contributed by atoms with E-state index in [0.717, 1.165) is 34.3 Å². The first-order valence-corrected chi connectivity index (χ1v) is 7.40. The van der Waals surface area contributed by atoms with Crippen LogP contribution in [0, 0.1) is 0 Å². The van der Waals surface area contributed by atoms with Crippen molar-refractivity contribution in [3.05, 3.63) is 29.8 Å². The third-order valence-corrected chi connectivity index (χ3v) is 4.01. The van der Waals surface area contributed by atoms with Crippen LogP contribution in [0.1, 0.15) is 25.3 Å². The molecule has 2 N–H and O–H groups in total. The second-order valence-electron chi connectivity index (χ2n) is 5.43. The quantitative estimate of drug-likeness (QED) is 0.837. The molecule has 1 atom stereocenters. The molecule has 2 aromatic carbocycles. The van der Waals surface area contributed by atoms with Gasteiger partial charge in [-0.3, -0.25) is 0 Å². The number of rotatable bonds is 3. The van der Waals surface area contributed by atoms with E-state index < -0.39 is 0 Å². The average molecular weight is 292 g/mol. The van der Waals surface area contributed by atoms with Crippen molar-refractivity contribution in [3.63, 3.8) is 0 Å². The number of aromatic hydroxyl groups is 1. The summed E-state index contributed by atoms with van der Waals surface area (Å²) in [4.78, 5) is 0. The second kappa shape index (κ2) is 5.06. The van der Waals surface area contributed by atoms with E-state index in [2.05, 4.69) is 5.32 Å². The largest absolute Gasteiger partial charge is 0.507 e. The van der Waals surface area contributed by atoms with Crippen LogP contribution in [0.25, 0.3) is 10.8 Å². The minimum Gasteiger partial charge on any atom is -0.507 e. The van der Waals surface area contributed by atoms with E-state index in [9.17, 15) is 5.11 Å². The minimum absolute atomic E-state index is 0.0856. The van der Waals surface area contributed by atoms with Crippen LogP contribution in [0.5, 0.6) is 11.5 Å². The van der Waals surface area contributed by atoms with Crippen LogP contribution in [-0.2, 0) is 0 Å². The molecule has 106 valence electrons. The number of phenolic OH excluding ortho intramolecular Hbond substituents is 1. The molecule has 0 saturated heterocycles. The SMILES string of the molecule is CC(C)Oc1cccc2c(O)cc3c(c12)C(CCl)CN3.